The lowest BCUT2D eigenvalue weighted by Gasteiger charge is -2.32. The van der Waals surface area contributed by atoms with Crippen LogP contribution in [0.1, 0.15) is 6.92 Å². The molecule has 1 saturated heterocycles. The van der Waals surface area contributed by atoms with Crippen molar-refractivity contribution in [3.63, 3.8) is 0 Å². The summed E-state index contributed by atoms with van der Waals surface area (Å²) in [5, 5.41) is 3.18. The van der Waals surface area contributed by atoms with Crippen molar-refractivity contribution in [1.29, 1.82) is 0 Å². The van der Waals surface area contributed by atoms with Gasteiger partial charge in [0.05, 0.1) is 3.79 Å². The van der Waals surface area contributed by atoms with Crippen molar-refractivity contribution in [1.82, 2.24) is 9.62 Å². The van der Waals surface area contributed by atoms with E-state index in [9.17, 15) is 8.42 Å². The highest BCUT2D eigenvalue weighted by Crippen LogP contribution is 2.29. The van der Waals surface area contributed by atoms with Crippen LogP contribution in [-0.2, 0) is 10.0 Å². The van der Waals surface area contributed by atoms with Gasteiger partial charge in [-0.05, 0) is 35.0 Å². The van der Waals surface area contributed by atoms with Crippen molar-refractivity contribution in [2.75, 3.05) is 19.6 Å². The van der Waals surface area contributed by atoms with E-state index in [-0.39, 0.29) is 6.04 Å². The molecule has 0 saturated carbocycles. The summed E-state index contributed by atoms with van der Waals surface area (Å²) in [5.74, 6) is 0. The molecule has 0 spiro atoms. The number of piperazine rings is 1. The van der Waals surface area contributed by atoms with Gasteiger partial charge in [0.25, 0.3) is 10.0 Å². The van der Waals surface area contributed by atoms with Crippen LogP contribution >= 0.6 is 27.3 Å². The number of nitrogens with one attached hydrogen (secondary N) is 1. The highest BCUT2D eigenvalue weighted by atomic mass is 79.9. The van der Waals surface area contributed by atoms with Crippen LogP contribution in [0, 0.1) is 0 Å². The molecule has 0 bridgehead atoms. The van der Waals surface area contributed by atoms with Gasteiger partial charge in [-0.15, -0.1) is 11.3 Å². The molecule has 0 unspecified atom stereocenters. The molecule has 0 radical (unpaired) electrons. The van der Waals surface area contributed by atoms with Crippen LogP contribution in [0.4, 0.5) is 0 Å². The van der Waals surface area contributed by atoms with Crippen molar-refractivity contribution >= 4 is 37.3 Å². The minimum absolute atomic E-state index is 0.0135. The van der Waals surface area contributed by atoms with E-state index in [4.69, 9.17) is 0 Å². The molecule has 16 heavy (non-hydrogen) atoms. The van der Waals surface area contributed by atoms with Crippen LogP contribution in [0.3, 0.4) is 0 Å². The molecule has 0 aromatic carbocycles. The number of halogens is 1. The number of hydrogen-bond donors (Lipinski definition) is 1. The average molecular weight is 325 g/mol. The third kappa shape index (κ3) is 2.33. The molecule has 1 N–H and O–H groups in total. The largest absolute Gasteiger partial charge is 0.314 e. The van der Waals surface area contributed by atoms with Gasteiger partial charge >= 0.3 is 0 Å². The molecular formula is C9H13BrN2O2S2. The average Bonchev–Trinajstić information content (AvgIpc) is 2.66. The number of thiophene rings is 1. The Bertz CT molecular complexity index is 472. The van der Waals surface area contributed by atoms with Crippen molar-refractivity contribution < 1.29 is 8.42 Å². The Balaban J connectivity index is 2.31. The SMILES string of the molecule is C[C@H]1CNCCN1S(=O)(=O)c1ccc(Br)s1. The molecule has 1 aromatic rings. The fourth-order valence-corrected chi connectivity index (χ4v) is 5.50. The number of sulfonamides is 1. The summed E-state index contributed by atoms with van der Waals surface area (Å²) in [6, 6.07) is 3.43. The first kappa shape index (κ1) is 12.5. The van der Waals surface area contributed by atoms with Crippen molar-refractivity contribution in [2.24, 2.45) is 0 Å². The first-order valence-corrected chi connectivity index (χ1v) is 8.04. The highest BCUT2D eigenvalue weighted by Gasteiger charge is 2.31. The van der Waals surface area contributed by atoms with Crippen LogP contribution in [0.5, 0.6) is 0 Å². The summed E-state index contributed by atoms with van der Waals surface area (Å²) in [7, 11) is -3.31. The fraction of sp³-hybridized carbons (Fsp3) is 0.556. The molecule has 2 rings (SSSR count). The first-order valence-electron chi connectivity index (χ1n) is 5.00. The van der Waals surface area contributed by atoms with E-state index in [1.165, 1.54) is 11.3 Å². The molecule has 1 aromatic heterocycles. The highest BCUT2D eigenvalue weighted by molar-refractivity contribution is 9.11. The molecule has 1 fully saturated rings. The monoisotopic (exact) mass is 324 g/mol. The quantitative estimate of drug-likeness (QED) is 0.896. The minimum atomic E-state index is -3.31. The van der Waals surface area contributed by atoms with E-state index >= 15 is 0 Å². The summed E-state index contributed by atoms with van der Waals surface area (Å²) < 4.78 is 27.4. The normalized spacial score (nSPS) is 23.5. The molecule has 7 heteroatoms. The Morgan fingerprint density at radius 1 is 1.56 bits per heavy atom. The van der Waals surface area contributed by atoms with Gasteiger partial charge in [0.1, 0.15) is 4.21 Å². The lowest BCUT2D eigenvalue weighted by Crippen LogP contribution is -2.51. The standard InChI is InChI=1S/C9H13BrN2O2S2/c1-7-6-11-4-5-12(7)16(13,14)9-3-2-8(10)15-9/h2-3,7,11H,4-6H2,1H3/t7-/m0/s1. The molecule has 2 heterocycles. The van der Waals surface area contributed by atoms with E-state index in [1.807, 2.05) is 6.92 Å². The van der Waals surface area contributed by atoms with Crippen LogP contribution in [0.15, 0.2) is 20.1 Å². The summed E-state index contributed by atoms with van der Waals surface area (Å²) in [6.45, 7) is 3.90. The third-order valence-corrected chi connectivity index (χ3v) is 6.66. The van der Waals surface area contributed by atoms with Crippen LogP contribution in [-0.4, -0.2) is 38.4 Å². The zero-order valence-electron chi connectivity index (χ0n) is 8.81. The van der Waals surface area contributed by atoms with E-state index in [1.54, 1.807) is 16.4 Å². The van der Waals surface area contributed by atoms with Crippen molar-refractivity contribution in [2.45, 2.75) is 17.2 Å². The fourth-order valence-electron chi connectivity index (χ4n) is 1.73. The molecule has 4 nitrogen and oxygen atoms in total. The first-order chi connectivity index (χ1) is 7.51. The van der Waals surface area contributed by atoms with E-state index in [0.717, 1.165) is 10.3 Å². The topological polar surface area (TPSA) is 49.4 Å². The van der Waals surface area contributed by atoms with Crippen LogP contribution < -0.4 is 5.32 Å². The number of rotatable bonds is 2. The maximum atomic E-state index is 12.3. The smallest absolute Gasteiger partial charge is 0.252 e. The molecule has 1 aliphatic rings. The molecule has 0 aliphatic carbocycles. The van der Waals surface area contributed by atoms with Gasteiger partial charge < -0.3 is 5.32 Å². The molecule has 1 atom stereocenters. The summed E-state index contributed by atoms with van der Waals surface area (Å²) >= 11 is 4.54. The maximum Gasteiger partial charge on any atom is 0.252 e. The van der Waals surface area contributed by atoms with Crippen molar-refractivity contribution in [3.8, 4) is 0 Å². The Morgan fingerprint density at radius 3 is 2.88 bits per heavy atom. The second-order valence-corrected chi connectivity index (χ2v) is 8.31. The Kier molecular flexibility index (Phi) is 3.70. The van der Waals surface area contributed by atoms with Gasteiger partial charge in [-0.1, -0.05) is 0 Å². The van der Waals surface area contributed by atoms with Crippen LogP contribution in [0.2, 0.25) is 0 Å². The minimum Gasteiger partial charge on any atom is -0.314 e. The second kappa shape index (κ2) is 4.73. The predicted molar refractivity (Wildman–Crippen MR) is 68.2 cm³/mol. The second-order valence-electron chi connectivity index (χ2n) is 3.73. The molecule has 0 amide bonds. The molecular weight excluding hydrogens is 312 g/mol. The zero-order chi connectivity index (χ0) is 11.8. The lowest BCUT2D eigenvalue weighted by atomic mass is 10.3. The number of nitrogens with zero attached hydrogens (tertiary/aromatic N) is 1. The van der Waals surface area contributed by atoms with Gasteiger partial charge in [-0.2, -0.15) is 4.31 Å². The van der Waals surface area contributed by atoms with Gasteiger partial charge in [0, 0.05) is 25.7 Å². The van der Waals surface area contributed by atoms with Crippen molar-refractivity contribution in [3.05, 3.63) is 15.9 Å². The van der Waals surface area contributed by atoms with Gasteiger partial charge in [0.15, 0.2) is 0 Å². The van der Waals surface area contributed by atoms with Gasteiger partial charge in [-0.3, -0.25) is 0 Å². The van der Waals surface area contributed by atoms with Gasteiger partial charge in [-0.25, -0.2) is 8.42 Å². The summed E-state index contributed by atoms with van der Waals surface area (Å²) in [6.07, 6.45) is 0. The van der Waals surface area contributed by atoms with Gasteiger partial charge in [0.2, 0.25) is 0 Å². The molecule has 1 aliphatic heterocycles. The summed E-state index contributed by atoms with van der Waals surface area (Å²) in [5.41, 5.74) is 0. The Labute approximate surface area is 108 Å². The Hall–Kier alpha value is 0.0500. The van der Waals surface area contributed by atoms with E-state index in [2.05, 4.69) is 21.2 Å². The van der Waals surface area contributed by atoms with E-state index < -0.39 is 10.0 Å². The Morgan fingerprint density at radius 2 is 2.31 bits per heavy atom. The van der Waals surface area contributed by atoms with E-state index in [0.29, 0.717) is 17.3 Å². The predicted octanol–water partition coefficient (Wildman–Crippen LogP) is 1.49. The molecule has 90 valence electrons. The third-order valence-electron chi connectivity index (χ3n) is 2.55. The van der Waals surface area contributed by atoms with Crippen LogP contribution in [0.25, 0.3) is 0 Å². The summed E-state index contributed by atoms with van der Waals surface area (Å²) in [4.78, 5) is 0. The zero-order valence-corrected chi connectivity index (χ0v) is 12.0. The lowest BCUT2D eigenvalue weighted by molar-refractivity contribution is 0.284. The maximum absolute atomic E-state index is 12.3. The number of hydrogen-bond acceptors (Lipinski definition) is 4.